The molecule has 1 heterocycles. The SMILES string of the molecule is CCc1nc2ccccc2n1-c1ccccc1-c1ccccc1-c1ccc2cc(Cl)ccc2c1. The van der Waals surface area contributed by atoms with E-state index in [2.05, 4.69) is 102 Å². The molecule has 0 aliphatic heterocycles. The molecular formula is C31H23ClN2. The van der Waals surface area contributed by atoms with Crippen molar-refractivity contribution in [2.45, 2.75) is 13.3 Å². The van der Waals surface area contributed by atoms with Crippen LogP contribution in [0.4, 0.5) is 0 Å². The van der Waals surface area contributed by atoms with E-state index in [-0.39, 0.29) is 0 Å². The van der Waals surface area contributed by atoms with E-state index in [1.165, 1.54) is 27.6 Å². The van der Waals surface area contributed by atoms with Gasteiger partial charge >= 0.3 is 0 Å². The molecule has 6 rings (SSSR count). The molecule has 0 aliphatic rings. The Morgan fingerprint density at radius 3 is 2.21 bits per heavy atom. The number of nitrogens with zero attached hydrogens (tertiary/aromatic N) is 2. The van der Waals surface area contributed by atoms with Gasteiger partial charge in [-0.25, -0.2) is 4.98 Å². The van der Waals surface area contributed by atoms with Gasteiger partial charge in [0.15, 0.2) is 0 Å². The average Bonchev–Trinajstić information content (AvgIpc) is 3.27. The van der Waals surface area contributed by atoms with E-state index in [1.807, 2.05) is 18.2 Å². The smallest absolute Gasteiger partial charge is 0.114 e. The van der Waals surface area contributed by atoms with Crippen LogP contribution >= 0.6 is 11.6 Å². The zero-order valence-electron chi connectivity index (χ0n) is 18.9. The molecule has 0 aliphatic carbocycles. The van der Waals surface area contributed by atoms with Crippen LogP contribution in [0.1, 0.15) is 12.7 Å². The summed E-state index contributed by atoms with van der Waals surface area (Å²) in [5.74, 6) is 1.06. The summed E-state index contributed by atoms with van der Waals surface area (Å²) >= 11 is 6.21. The van der Waals surface area contributed by atoms with Crippen LogP contribution in [-0.2, 0) is 6.42 Å². The average molecular weight is 459 g/mol. The summed E-state index contributed by atoms with van der Waals surface area (Å²) < 4.78 is 2.31. The minimum Gasteiger partial charge on any atom is -0.296 e. The number of aryl methyl sites for hydroxylation is 1. The van der Waals surface area contributed by atoms with Crippen molar-refractivity contribution in [1.82, 2.24) is 9.55 Å². The molecule has 6 aromatic rings. The van der Waals surface area contributed by atoms with Crippen molar-refractivity contribution >= 4 is 33.4 Å². The maximum absolute atomic E-state index is 6.21. The molecule has 3 heteroatoms. The van der Waals surface area contributed by atoms with Gasteiger partial charge in [-0.05, 0) is 63.9 Å². The van der Waals surface area contributed by atoms with E-state index in [0.29, 0.717) is 0 Å². The fourth-order valence-corrected chi connectivity index (χ4v) is 5.01. The first-order valence-corrected chi connectivity index (χ1v) is 12.0. The van der Waals surface area contributed by atoms with Crippen LogP contribution in [0, 0.1) is 0 Å². The fraction of sp³-hybridized carbons (Fsp3) is 0.0645. The largest absolute Gasteiger partial charge is 0.296 e. The van der Waals surface area contributed by atoms with E-state index in [0.717, 1.165) is 39.4 Å². The van der Waals surface area contributed by atoms with Crippen molar-refractivity contribution in [1.29, 1.82) is 0 Å². The number of para-hydroxylation sites is 3. The third-order valence-corrected chi connectivity index (χ3v) is 6.66. The number of benzene rings is 5. The number of aromatic nitrogens is 2. The number of imidazole rings is 1. The second-order valence-corrected chi connectivity index (χ2v) is 8.91. The molecular weight excluding hydrogens is 436 g/mol. The highest BCUT2D eigenvalue weighted by Gasteiger charge is 2.17. The third kappa shape index (κ3) is 3.48. The molecule has 0 fully saturated rings. The van der Waals surface area contributed by atoms with Crippen molar-refractivity contribution in [2.24, 2.45) is 0 Å². The Kier molecular flexibility index (Phi) is 5.16. The summed E-state index contributed by atoms with van der Waals surface area (Å²) in [6.45, 7) is 2.16. The summed E-state index contributed by atoms with van der Waals surface area (Å²) in [6.07, 6.45) is 0.859. The molecule has 0 radical (unpaired) electrons. The normalized spacial score (nSPS) is 11.4. The van der Waals surface area contributed by atoms with E-state index in [4.69, 9.17) is 16.6 Å². The summed E-state index contributed by atoms with van der Waals surface area (Å²) in [4.78, 5) is 4.92. The van der Waals surface area contributed by atoms with Crippen LogP contribution in [0.25, 0.3) is 49.7 Å². The highest BCUT2D eigenvalue weighted by atomic mass is 35.5. The van der Waals surface area contributed by atoms with Crippen molar-refractivity contribution in [2.75, 3.05) is 0 Å². The van der Waals surface area contributed by atoms with Gasteiger partial charge in [0.2, 0.25) is 0 Å². The van der Waals surface area contributed by atoms with Gasteiger partial charge in [0.1, 0.15) is 5.82 Å². The Labute approximate surface area is 204 Å². The quantitative estimate of drug-likeness (QED) is 0.258. The van der Waals surface area contributed by atoms with E-state index in [1.54, 1.807) is 0 Å². The van der Waals surface area contributed by atoms with Gasteiger partial charge in [-0.15, -0.1) is 0 Å². The van der Waals surface area contributed by atoms with Crippen LogP contribution in [-0.4, -0.2) is 9.55 Å². The zero-order chi connectivity index (χ0) is 23.1. The topological polar surface area (TPSA) is 17.8 Å². The summed E-state index contributed by atoms with van der Waals surface area (Å²) in [6, 6.07) is 38.3. The van der Waals surface area contributed by atoms with Crippen molar-refractivity contribution in [3.63, 3.8) is 0 Å². The lowest BCUT2D eigenvalue weighted by molar-refractivity contribution is 0.909. The summed E-state index contributed by atoms with van der Waals surface area (Å²) in [5, 5.41) is 3.08. The van der Waals surface area contributed by atoms with Crippen LogP contribution in [0.15, 0.2) is 109 Å². The minimum absolute atomic E-state index is 0.758. The second-order valence-electron chi connectivity index (χ2n) is 8.47. The Bertz CT molecular complexity index is 1660. The Hall–Kier alpha value is -3.88. The molecule has 5 aromatic carbocycles. The minimum atomic E-state index is 0.758. The highest BCUT2D eigenvalue weighted by molar-refractivity contribution is 6.31. The van der Waals surface area contributed by atoms with Crippen LogP contribution in [0.5, 0.6) is 0 Å². The fourth-order valence-electron chi connectivity index (χ4n) is 4.83. The standard InChI is InChI=1S/C31H23ClN2/c1-2-31-33-28-12-6-8-14-30(28)34(31)29-13-7-5-11-27(29)26-10-4-3-9-25(26)23-16-15-22-20-24(32)18-17-21(22)19-23/h3-20H,2H2,1H3. The van der Waals surface area contributed by atoms with Crippen molar-refractivity contribution < 1.29 is 0 Å². The molecule has 0 saturated carbocycles. The Morgan fingerprint density at radius 2 is 1.35 bits per heavy atom. The number of hydrogen-bond donors (Lipinski definition) is 0. The van der Waals surface area contributed by atoms with Gasteiger partial charge in [-0.1, -0.05) is 91.3 Å². The van der Waals surface area contributed by atoms with E-state index in [9.17, 15) is 0 Å². The summed E-state index contributed by atoms with van der Waals surface area (Å²) in [7, 11) is 0. The molecule has 34 heavy (non-hydrogen) atoms. The van der Waals surface area contributed by atoms with Gasteiger partial charge in [-0.2, -0.15) is 0 Å². The first-order chi connectivity index (χ1) is 16.7. The van der Waals surface area contributed by atoms with Crippen LogP contribution < -0.4 is 0 Å². The molecule has 0 atom stereocenters. The predicted molar refractivity (Wildman–Crippen MR) is 144 cm³/mol. The van der Waals surface area contributed by atoms with Gasteiger partial charge in [0, 0.05) is 17.0 Å². The Balaban J connectivity index is 1.58. The molecule has 0 bridgehead atoms. The summed E-state index contributed by atoms with van der Waals surface area (Å²) in [5.41, 5.74) is 8.08. The van der Waals surface area contributed by atoms with Gasteiger partial charge < -0.3 is 0 Å². The van der Waals surface area contributed by atoms with Crippen molar-refractivity contribution in [3.05, 3.63) is 120 Å². The van der Waals surface area contributed by atoms with E-state index < -0.39 is 0 Å². The molecule has 0 saturated heterocycles. The Morgan fingerprint density at radius 1 is 0.676 bits per heavy atom. The lowest BCUT2D eigenvalue weighted by Gasteiger charge is -2.17. The lowest BCUT2D eigenvalue weighted by Crippen LogP contribution is -2.02. The third-order valence-electron chi connectivity index (χ3n) is 6.42. The second kappa shape index (κ2) is 8.48. The molecule has 0 unspecified atom stereocenters. The highest BCUT2D eigenvalue weighted by Crippen LogP contribution is 2.38. The first-order valence-electron chi connectivity index (χ1n) is 11.6. The number of rotatable bonds is 4. The van der Waals surface area contributed by atoms with Crippen molar-refractivity contribution in [3.8, 4) is 27.9 Å². The van der Waals surface area contributed by atoms with Gasteiger partial charge in [-0.3, -0.25) is 4.57 Å². The molecule has 0 spiro atoms. The zero-order valence-corrected chi connectivity index (χ0v) is 19.6. The van der Waals surface area contributed by atoms with Gasteiger partial charge in [0.05, 0.1) is 16.7 Å². The maximum atomic E-state index is 6.21. The number of halogens is 1. The molecule has 2 nitrogen and oxygen atoms in total. The van der Waals surface area contributed by atoms with E-state index >= 15 is 0 Å². The first kappa shape index (κ1) is 20.7. The molecule has 0 N–H and O–H groups in total. The monoisotopic (exact) mass is 458 g/mol. The van der Waals surface area contributed by atoms with Crippen LogP contribution in [0.2, 0.25) is 5.02 Å². The lowest BCUT2D eigenvalue weighted by atomic mass is 9.92. The molecule has 1 aromatic heterocycles. The maximum Gasteiger partial charge on any atom is 0.114 e. The number of hydrogen-bond acceptors (Lipinski definition) is 1. The molecule has 0 amide bonds. The number of fused-ring (bicyclic) bond motifs is 2. The predicted octanol–water partition coefficient (Wildman–Crippen LogP) is 8.73. The van der Waals surface area contributed by atoms with Crippen LogP contribution in [0.3, 0.4) is 0 Å². The van der Waals surface area contributed by atoms with Gasteiger partial charge in [0.25, 0.3) is 0 Å². The molecule has 164 valence electrons.